The number of azo groups is 1. The van der Waals surface area contributed by atoms with Gasteiger partial charge in [-0.2, -0.15) is 10.2 Å². The first-order valence-corrected chi connectivity index (χ1v) is 10.5. The molecular formula is C27H27N3. The fraction of sp³-hybridized carbons (Fsp3) is 0.185. The summed E-state index contributed by atoms with van der Waals surface area (Å²) in [6, 6.07) is 27.8. The molecule has 1 unspecified atom stereocenters. The fourth-order valence-corrected chi connectivity index (χ4v) is 3.68. The average Bonchev–Trinajstić information content (AvgIpc) is 2.80. The molecule has 150 valence electrons. The van der Waals surface area contributed by atoms with E-state index in [0.717, 1.165) is 24.1 Å². The molecule has 1 atom stereocenters. The van der Waals surface area contributed by atoms with Crippen molar-refractivity contribution in [2.45, 2.75) is 25.8 Å². The number of para-hydroxylation sites is 1. The van der Waals surface area contributed by atoms with E-state index in [-0.39, 0.29) is 0 Å². The molecule has 0 aromatic heterocycles. The van der Waals surface area contributed by atoms with Crippen LogP contribution < -0.4 is 4.90 Å². The van der Waals surface area contributed by atoms with E-state index in [4.69, 9.17) is 0 Å². The topological polar surface area (TPSA) is 28.0 Å². The van der Waals surface area contributed by atoms with Crippen molar-refractivity contribution in [1.82, 2.24) is 0 Å². The van der Waals surface area contributed by atoms with E-state index < -0.39 is 0 Å². The number of anilines is 2. The molecule has 0 radical (unpaired) electrons. The standard InChI is InChI=1S/C27H27N3/c1-22-10-8-9-15-27(22)29-28-21-20-23-16-18-26(19-17-23)30(24-11-4-2-5-12-24)25-13-6-3-7-14-25/h2-13,15-19,25H,14,20-21H2,1H3. The van der Waals surface area contributed by atoms with E-state index >= 15 is 0 Å². The molecule has 0 saturated carbocycles. The largest absolute Gasteiger partial charge is 0.334 e. The van der Waals surface area contributed by atoms with Crippen molar-refractivity contribution in [1.29, 1.82) is 0 Å². The highest BCUT2D eigenvalue weighted by Crippen LogP contribution is 2.31. The van der Waals surface area contributed by atoms with Gasteiger partial charge in [0, 0.05) is 11.4 Å². The third-order valence-corrected chi connectivity index (χ3v) is 5.33. The molecule has 0 N–H and O–H groups in total. The Morgan fingerprint density at radius 1 is 0.833 bits per heavy atom. The summed E-state index contributed by atoms with van der Waals surface area (Å²) in [7, 11) is 0. The van der Waals surface area contributed by atoms with Crippen molar-refractivity contribution in [2.75, 3.05) is 11.4 Å². The molecule has 3 nitrogen and oxygen atoms in total. The van der Waals surface area contributed by atoms with Crippen molar-refractivity contribution in [3.63, 3.8) is 0 Å². The van der Waals surface area contributed by atoms with Gasteiger partial charge >= 0.3 is 0 Å². The number of hydrogen-bond donors (Lipinski definition) is 0. The lowest BCUT2D eigenvalue weighted by atomic mass is 10.0. The minimum Gasteiger partial charge on any atom is -0.334 e. The summed E-state index contributed by atoms with van der Waals surface area (Å²) < 4.78 is 0. The highest BCUT2D eigenvalue weighted by molar-refractivity contribution is 5.65. The molecule has 0 bridgehead atoms. The van der Waals surface area contributed by atoms with Crippen LogP contribution in [0.1, 0.15) is 17.5 Å². The molecule has 0 heterocycles. The van der Waals surface area contributed by atoms with Gasteiger partial charge < -0.3 is 4.90 Å². The lowest BCUT2D eigenvalue weighted by molar-refractivity contribution is 0.784. The van der Waals surface area contributed by atoms with Crippen LogP contribution in [0.3, 0.4) is 0 Å². The van der Waals surface area contributed by atoms with Crippen LogP contribution in [0, 0.1) is 6.92 Å². The maximum absolute atomic E-state index is 4.37. The molecule has 3 aromatic rings. The van der Waals surface area contributed by atoms with E-state index in [0.29, 0.717) is 12.6 Å². The van der Waals surface area contributed by atoms with Crippen molar-refractivity contribution in [3.05, 3.63) is 114 Å². The molecule has 30 heavy (non-hydrogen) atoms. The predicted octanol–water partition coefficient (Wildman–Crippen LogP) is 7.34. The summed E-state index contributed by atoms with van der Waals surface area (Å²) in [5.74, 6) is 0. The SMILES string of the molecule is Cc1ccccc1N=NCCc1ccc(N(c2ccccc2)C2C=CC=CC2)cc1. The Kier molecular flexibility index (Phi) is 6.51. The van der Waals surface area contributed by atoms with E-state index in [1.165, 1.54) is 16.9 Å². The summed E-state index contributed by atoms with van der Waals surface area (Å²) in [5, 5.41) is 8.74. The number of nitrogens with zero attached hydrogens (tertiary/aromatic N) is 3. The number of aryl methyl sites for hydroxylation is 1. The molecule has 0 aliphatic heterocycles. The Morgan fingerprint density at radius 2 is 1.57 bits per heavy atom. The first-order chi connectivity index (χ1) is 14.8. The first-order valence-electron chi connectivity index (χ1n) is 10.5. The second kappa shape index (κ2) is 9.84. The number of hydrogen-bond acceptors (Lipinski definition) is 3. The van der Waals surface area contributed by atoms with Crippen LogP contribution in [0.15, 0.2) is 113 Å². The maximum atomic E-state index is 4.37. The number of benzene rings is 3. The van der Waals surface area contributed by atoms with Crippen LogP contribution in [0.2, 0.25) is 0 Å². The van der Waals surface area contributed by atoms with Crippen LogP contribution in [-0.2, 0) is 6.42 Å². The van der Waals surface area contributed by atoms with Gasteiger partial charge in [0.05, 0.1) is 18.3 Å². The van der Waals surface area contributed by atoms with Gasteiger partial charge in [0.25, 0.3) is 0 Å². The Labute approximate surface area is 179 Å². The van der Waals surface area contributed by atoms with Gasteiger partial charge in [0.1, 0.15) is 0 Å². The van der Waals surface area contributed by atoms with Gasteiger partial charge in [-0.05, 0) is 61.2 Å². The van der Waals surface area contributed by atoms with Crippen LogP contribution in [0.5, 0.6) is 0 Å². The predicted molar refractivity (Wildman–Crippen MR) is 126 cm³/mol. The van der Waals surface area contributed by atoms with E-state index in [1.807, 2.05) is 18.2 Å². The smallest absolute Gasteiger partial charge is 0.0881 e. The monoisotopic (exact) mass is 393 g/mol. The molecule has 0 saturated heterocycles. The molecule has 0 spiro atoms. The van der Waals surface area contributed by atoms with Gasteiger partial charge in [0.2, 0.25) is 0 Å². The Morgan fingerprint density at radius 3 is 2.30 bits per heavy atom. The zero-order valence-electron chi connectivity index (χ0n) is 17.4. The molecule has 0 fully saturated rings. The third-order valence-electron chi connectivity index (χ3n) is 5.33. The van der Waals surface area contributed by atoms with Crippen LogP contribution in [-0.4, -0.2) is 12.6 Å². The Balaban J connectivity index is 1.45. The van der Waals surface area contributed by atoms with Crippen LogP contribution >= 0.6 is 0 Å². The van der Waals surface area contributed by atoms with Gasteiger partial charge in [-0.3, -0.25) is 0 Å². The molecule has 3 aromatic carbocycles. The van der Waals surface area contributed by atoms with Gasteiger partial charge in [-0.1, -0.05) is 72.8 Å². The van der Waals surface area contributed by atoms with Crippen molar-refractivity contribution in [3.8, 4) is 0 Å². The Hall–Kier alpha value is -3.46. The minimum atomic E-state index is 0.325. The minimum absolute atomic E-state index is 0.325. The van der Waals surface area contributed by atoms with E-state index in [9.17, 15) is 0 Å². The summed E-state index contributed by atoms with van der Waals surface area (Å²) >= 11 is 0. The normalized spacial score (nSPS) is 15.6. The summed E-state index contributed by atoms with van der Waals surface area (Å²) in [6.45, 7) is 2.75. The van der Waals surface area contributed by atoms with E-state index in [1.54, 1.807) is 0 Å². The molecule has 1 aliphatic carbocycles. The van der Waals surface area contributed by atoms with Crippen molar-refractivity contribution < 1.29 is 0 Å². The summed E-state index contributed by atoms with van der Waals surface area (Å²) in [4.78, 5) is 2.40. The molecular weight excluding hydrogens is 366 g/mol. The van der Waals surface area contributed by atoms with Gasteiger partial charge in [0.15, 0.2) is 0 Å². The summed E-state index contributed by atoms with van der Waals surface area (Å²) in [6.07, 6.45) is 10.6. The zero-order chi connectivity index (χ0) is 20.6. The van der Waals surface area contributed by atoms with Gasteiger partial charge in [-0.15, -0.1) is 0 Å². The maximum Gasteiger partial charge on any atom is 0.0881 e. The van der Waals surface area contributed by atoms with Gasteiger partial charge in [-0.25, -0.2) is 0 Å². The third kappa shape index (κ3) is 4.93. The summed E-state index contributed by atoms with van der Waals surface area (Å²) in [5.41, 5.74) is 5.78. The van der Waals surface area contributed by atoms with E-state index in [2.05, 4.69) is 107 Å². The number of rotatable bonds is 7. The number of allylic oxidation sites excluding steroid dienone is 2. The highest BCUT2D eigenvalue weighted by Gasteiger charge is 2.18. The van der Waals surface area contributed by atoms with Crippen LogP contribution in [0.25, 0.3) is 0 Å². The second-order valence-electron chi connectivity index (χ2n) is 7.49. The molecule has 3 heteroatoms. The molecule has 4 rings (SSSR count). The highest BCUT2D eigenvalue weighted by atomic mass is 15.2. The first kappa shape index (κ1) is 19.8. The van der Waals surface area contributed by atoms with Crippen molar-refractivity contribution in [2.24, 2.45) is 10.2 Å². The zero-order valence-corrected chi connectivity index (χ0v) is 17.4. The quantitative estimate of drug-likeness (QED) is 0.386. The van der Waals surface area contributed by atoms with Crippen molar-refractivity contribution >= 4 is 17.1 Å². The molecule has 1 aliphatic rings. The fourth-order valence-electron chi connectivity index (χ4n) is 3.68. The molecule has 0 amide bonds. The lowest BCUT2D eigenvalue weighted by Gasteiger charge is -2.32. The second-order valence-corrected chi connectivity index (χ2v) is 7.49. The Bertz CT molecular complexity index is 1030. The lowest BCUT2D eigenvalue weighted by Crippen LogP contribution is -2.29. The average molecular weight is 394 g/mol. The van der Waals surface area contributed by atoms with Crippen LogP contribution in [0.4, 0.5) is 17.1 Å².